The van der Waals surface area contributed by atoms with Gasteiger partial charge in [0, 0.05) is 36.1 Å². The lowest BCUT2D eigenvalue weighted by Gasteiger charge is -2.58. The first kappa shape index (κ1) is 23.1. The lowest BCUT2D eigenvalue weighted by Crippen LogP contribution is -2.57. The minimum Gasteiger partial charge on any atom is -0.449 e. The molecule has 1 saturated heterocycles. The van der Waals surface area contributed by atoms with Gasteiger partial charge in [-0.3, -0.25) is 9.59 Å². The summed E-state index contributed by atoms with van der Waals surface area (Å²) in [6.07, 6.45) is 6.59. The van der Waals surface area contributed by atoms with Crippen molar-refractivity contribution in [2.45, 2.75) is 59.3 Å². The molecule has 1 aromatic carbocycles. The van der Waals surface area contributed by atoms with Crippen LogP contribution in [0.25, 0.3) is 0 Å². The van der Waals surface area contributed by atoms with Gasteiger partial charge in [-0.2, -0.15) is 0 Å². The number of benzene rings is 1. The third kappa shape index (κ3) is 3.48. The summed E-state index contributed by atoms with van der Waals surface area (Å²) in [5, 5.41) is 3.62. The largest absolute Gasteiger partial charge is 0.449 e. The Balaban J connectivity index is 1.43. The van der Waals surface area contributed by atoms with Gasteiger partial charge in [0.05, 0.1) is 12.3 Å². The Bertz CT molecular complexity index is 1020. The fourth-order valence-electron chi connectivity index (χ4n) is 7.79. The monoisotopic (exact) mass is 464 g/mol. The van der Waals surface area contributed by atoms with Crippen LogP contribution in [0.2, 0.25) is 0 Å². The van der Waals surface area contributed by atoms with Crippen LogP contribution in [0.15, 0.2) is 42.1 Å². The number of allylic oxidation sites excluding steroid dienone is 2. The number of anilines is 1. The first-order valence-corrected chi connectivity index (χ1v) is 12.8. The Morgan fingerprint density at radius 3 is 2.59 bits per heavy atom. The van der Waals surface area contributed by atoms with Gasteiger partial charge in [0.1, 0.15) is 0 Å². The predicted octanol–water partition coefficient (Wildman–Crippen LogP) is 5.09. The lowest BCUT2D eigenvalue weighted by molar-refractivity contribution is -0.129. The van der Waals surface area contributed by atoms with Crippen LogP contribution in [0.4, 0.5) is 10.5 Å². The molecule has 3 aliphatic carbocycles. The topological polar surface area (TPSA) is 75.7 Å². The summed E-state index contributed by atoms with van der Waals surface area (Å²) in [5.41, 5.74) is 1.56. The molecular weight excluding hydrogens is 428 g/mol. The standard InChI is InChI=1S/C28H36N2O4/c1-4-34-26(33)30(18-8-6-5-7-9-18)25(32)23-11-10-21-20-17-29-24-16-19(31)12-14-28(24,3)22(20)13-15-27(21,23)2/h5-9,16,20-23,29H,4,10-15,17H2,1-3H3/t20-,21-,22+,23?,27-,28+/m0/s1. The molecule has 4 aliphatic rings. The molecule has 3 fully saturated rings. The van der Waals surface area contributed by atoms with E-state index in [0.29, 0.717) is 29.9 Å². The number of rotatable bonds is 3. The van der Waals surface area contributed by atoms with Crippen LogP contribution in [0.1, 0.15) is 59.3 Å². The van der Waals surface area contributed by atoms with Gasteiger partial charge in [0.25, 0.3) is 0 Å². The molecule has 0 aromatic heterocycles. The summed E-state index contributed by atoms with van der Waals surface area (Å²) < 4.78 is 5.30. The maximum atomic E-state index is 14.0. The van der Waals surface area contributed by atoms with E-state index >= 15 is 0 Å². The van der Waals surface area contributed by atoms with Crippen LogP contribution in [0.5, 0.6) is 0 Å². The minimum absolute atomic E-state index is 0.0151. The molecule has 1 unspecified atom stereocenters. The van der Waals surface area contributed by atoms with Crippen LogP contribution in [0.3, 0.4) is 0 Å². The summed E-state index contributed by atoms with van der Waals surface area (Å²) in [6.45, 7) is 7.45. The zero-order chi connectivity index (χ0) is 24.1. The SMILES string of the molecule is CCOC(=O)N(C(=O)C1CC[C@H]2[C@@H]3CNC4=CC(=O)CC[C@]4(C)[C@@H]3CC[C@]12C)c1ccccc1. The number of hydrogen-bond acceptors (Lipinski definition) is 5. The van der Waals surface area contributed by atoms with E-state index < -0.39 is 6.09 Å². The Hall–Kier alpha value is -2.63. The first-order chi connectivity index (χ1) is 16.3. The normalized spacial score (nSPS) is 36.3. The van der Waals surface area contributed by atoms with Crippen molar-refractivity contribution in [2.75, 3.05) is 18.1 Å². The average Bonchev–Trinajstić information content (AvgIpc) is 3.18. The van der Waals surface area contributed by atoms with Crippen LogP contribution >= 0.6 is 0 Å². The third-order valence-electron chi connectivity index (χ3n) is 9.58. The fourth-order valence-corrected chi connectivity index (χ4v) is 7.79. The number of carbonyl (C=O) groups excluding carboxylic acids is 3. The van der Waals surface area contributed by atoms with Gasteiger partial charge < -0.3 is 10.1 Å². The summed E-state index contributed by atoms with van der Waals surface area (Å²) in [5.74, 6) is 1.30. The first-order valence-electron chi connectivity index (χ1n) is 12.8. The lowest BCUT2D eigenvalue weighted by atomic mass is 9.50. The molecule has 182 valence electrons. The highest BCUT2D eigenvalue weighted by Gasteiger charge is 2.61. The Kier molecular flexibility index (Phi) is 5.81. The van der Waals surface area contributed by atoms with Crippen LogP contribution in [0, 0.1) is 34.5 Å². The van der Waals surface area contributed by atoms with Gasteiger partial charge in [0.2, 0.25) is 5.91 Å². The second-order valence-corrected chi connectivity index (χ2v) is 11.1. The summed E-state index contributed by atoms with van der Waals surface area (Å²) in [6, 6.07) is 9.15. The predicted molar refractivity (Wildman–Crippen MR) is 130 cm³/mol. The molecule has 6 heteroatoms. The van der Waals surface area contributed by atoms with E-state index in [1.807, 2.05) is 24.3 Å². The van der Waals surface area contributed by atoms with E-state index in [1.54, 1.807) is 19.1 Å². The number of para-hydroxylation sites is 1. The molecule has 0 bridgehead atoms. The molecule has 1 aliphatic heterocycles. The second kappa shape index (κ2) is 8.54. The molecule has 6 atom stereocenters. The van der Waals surface area contributed by atoms with E-state index in [1.165, 1.54) is 4.90 Å². The average molecular weight is 465 g/mol. The number of fused-ring (bicyclic) bond motifs is 5. The van der Waals surface area contributed by atoms with Gasteiger partial charge >= 0.3 is 6.09 Å². The number of amides is 2. The van der Waals surface area contributed by atoms with E-state index in [-0.39, 0.29) is 35.0 Å². The van der Waals surface area contributed by atoms with Crippen molar-refractivity contribution in [3.63, 3.8) is 0 Å². The number of imide groups is 1. The molecule has 6 nitrogen and oxygen atoms in total. The van der Waals surface area contributed by atoms with E-state index in [0.717, 1.165) is 44.3 Å². The number of piperidine rings is 1. The van der Waals surface area contributed by atoms with Crippen molar-refractivity contribution in [2.24, 2.45) is 34.5 Å². The number of ketones is 1. The molecule has 1 N–H and O–H groups in total. The quantitative estimate of drug-likeness (QED) is 0.674. The van der Waals surface area contributed by atoms with Gasteiger partial charge in [0.15, 0.2) is 5.78 Å². The number of nitrogens with zero attached hydrogens (tertiary/aromatic N) is 1. The van der Waals surface area contributed by atoms with E-state index in [4.69, 9.17) is 4.74 Å². The zero-order valence-electron chi connectivity index (χ0n) is 20.5. The number of hydrogen-bond donors (Lipinski definition) is 1. The van der Waals surface area contributed by atoms with Crippen LogP contribution in [-0.4, -0.2) is 30.9 Å². The third-order valence-corrected chi connectivity index (χ3v) is 9.58. The summed E-state index contributed by atoms with van der Waals surface area (Å²) in [4.78, 5) is 40.2. The maximum Gasteiger partial charge on any atom is 0.421 e. The molecule has 34 heavy (non-hydrogen) atoms. The van der Waals surface area contributed by atoms with Crippen molar-refractivity contribution in [1.82, 2.24) is 5.32 Å². The Morgan fingerprint density at radius 2 is 1.85 bits per heavy atom. The van der Waals surface area contributed by atoms with Crippen molar-refractivity contribution < 1.29 is 19.1 Å². The Labute approximate surface area is 202 Å². The van der Waals surface area contributed by atoms with Crippen molar-refractivity contribution >= 4 is 23.5 Å². The molecule has 2 saturated carbocycles. The molecule has 5 rings (SSSR count). The summed E-state index contributed by atoms with van der Waals surface area (Å²) in [7, 11) is 0. The second-order valence-electron chi connectivity index (χ2n) is 11.1. The maximum absolute atomic E-state index is 14.0. The van der Waals surface area contributed by atoms with E-state index in [2.05, 4.69) is 19.2 Å². The highest BCUT2D eigenvalue weighted by molar-refractivity contribution is 6.13. The highest BCUT2D eigenvalue weighted by Crippen LogP contribution is 2.64. The van der Waals surface area contributed by atoms with Crippen molar-refractivity contribution in [3.05, 3.63) is 42.1 Å². The minimum atomic E-state index is -0.590. The molecule has 1 aromatic rings. The van der Waals surface area contributed by atoms with Crippen LogP contribution in [-0.2, 0) is 14.3 Å². The number of carbonyl (C=O) groups is 3. The summed E-state index contributed by atoms with van der Waals surface area (Å²) >= 11 is 0. The molecule has 0 radical (unpaired) electrons. The number of ether oxygens (including phenoxy) is 1. The smallest absolute Gasteiger partial charge is 0.421 e. The zero-order valence-corrected chi connectivity index (χ0v) is 20.5. The van der Waals surface area contributed by atoms with Gasteiger partial charge in [-0.1, -0.05) is 32.0 Å². The van der Waals surface area contributed by atoms with Gasteiger partial charge in [-0.05, 0) is 74.3 Å². The molecular formula is C28H36N2O4. The van der Waals surface area contributed by atoms with Crippen molar-refractivity contribution in [3.8, 4) is 0 Å². The molecule has 1 heterocycles. The highest BCUT2D eigenvalue weighted by atomic mass is 16.6. The van der Waals surface area contributed by atoms with Gasteiger partial charge in [-0.25, -0.2) is 9.69 Å². The fraction of sp³-hybridized carbons (Fsp3) is 0.607. The van der Waals surface area contributed by atoms with Crippen molar-refractivity contribution in [1.29, 1.82) is 0 Å². The molecule has 0 spiro atoms. The Morgan fingerprint density at radius 1 is 1.09 bits per heavy atom. The molecule has 2 amide bonds. The van der Waals surface area contributed by atoms with E-state index in [9.17, 15) is 14.4 Å². The number of nitrogens with one attached hydrogen (secondary N) is 1. The van der Waals surface area contributed by atoms with Gasteiger partial charge in [-0.15, -0.1) is 0 Å². The van der Waals surface area contributed by atoms with Crippen LogP contribution < -0.4 is 10.2 Å².